The van der Waals surface area contributed by atoms with Gasteiger partial charge in [0.1, 0.15) is 5.82 Å². The molecule has 20 heavy (non-hydrogen) atoms. The normalized spacial score (nSPS) is 10.5. The molecule has 0 aliphatic rings. The third-order valence-electron chi connectivity index (χ3n) is 3.13. The molecule has 2 rings (SSSR count). The van der Waals surface area contributed by atoms with Crippen LogP contribution in [0.4, 0.5) is 4.39 Å². The zero-order valence-electron chi connectivity index (χ0n) is 11.2. The molecule has 0 N–H and O–H groups in total. The van der Waals surface area contributed by atoms with Gasteiger partial charge in [-0.15, -0.1) is 6.58 Å². The maximum Gasteiger partial charge on any atom is 0.320 e. The van der Waals surface area contributed by atoms with Crippen LogP contribution in [0, 0.1) is 12.7 Å². The lowest BCUT2D eigenvalue weighted by molar-refractivity contribution is 0.614. The molecular formula is C15H15FN2O2. The number of aromatic nitrogens is 2. The topological polar surface area (TPSA) is 44.0 Å². The van der Waals surface area contributed by atoms with Crippen molar-refractivity contribution in [3.63, 3.8) is 0 Å². The Labute approximate surface area is 115 Å². The molecule has 0 saturated carbocycles. The van der Waals surface area contributed by atoms with Gasteiger partial charge in [0, 0.05) is 24.5 Å². The Morgan fingerprint density at radius 3 is 2.70 bits per heavy atom. The molecule has 104 valence electrons. The predicted octanol–water partition coefficient (Wildman–Crippen LogP) is 2.02. The van der Waals surface area contributed by atoms with E-state index in [-0.39, 0.29) is 0 Å². The second kappa shape index (κ2) is 5.69. The largest absolute Gasteiger partial charge is 0.320 e. The van der Waals surface area contributed by atoms with Crippen molar-refractivity contribution in [2.45, 2.75) is 19.9 Å². The van der Waals surface area contributed by atoms with Gasteiger partial charge in [0.05, 0.1) is 5.69 Å². The number of halogens is 1. The summed E-state index contributed by atoms with van der Waals surface area (Å²) in [6, 6.07) is 4.43. The van der Waals surface area contributed by atoms with Crippen LogP contribution in [-0.2, 0) is 6.54 Å². The van der Waals surface area contributed by atoms with E-state index in [1.54, 1.807) is 19.1 Å². The number of aryl methyl sites for hydroxylation is 1. The minimum Gasteiger partial charge on any atom is -0.309 e. The fourth-order valence-electron chi connectivity index (χ4n) is 1.96. The molecule has 5 heteroatoms. The number of allylic oxidation sites excluding steroid dienone is 1. The van der Waals surface area contributed by atoms with Gasteiger partial charge in [-0.3, -0.25) is 14.2 Å². The zero-order valence-corrected chi connectivity index (χ0v) is 11.2. The van der Waals surface area contributed by atoms with E-state index in [0.717, 1.165) is 0 Å². The quantitative estimate of drug-likeness (QED) is 0.632. The van der Waals surface area contributed by atoms with Crippen LogP contribution in [-0.4, -0.2) is 9.13 Å². The predicted molar refractivity (Wildman–Crippen MR) is 75.8 cm³/mol. The average Bonchev–Trinajstić information content (AvgIpc) is 2.44. The number of hydrogen-bond acceptors (Lipinski definition) is 2. The summed E-state index contributed by atoms with van der Waals surface area (Å²) in [6.07, 6.45) is 5.28. The van der Waals surface area contributed by atoms with Gasteiger partial charge in [0.25, 0.3) is 0 Å². The first-order valence-electron chi connectivity index (χ1n) is 6.24. The maximum absolute atomic E-state index is 13.5. The van der Waals surface area contributed by atoms with Gasteiger partial charge in [0.15, 0.2) is 0 Å². The van der Waals surface area contributed by atoms with Crippen molar-refractivity contribution in [1.82, 2.24) is 9.13 Å². The molecule has 0 aliphatic carbocycles. The van der Waals surface area contributed by atoms with E-state index >= 15 is 0 Å². The fraction of sp³-hybridized carbons (Fsp3) is 0.200. The number of nitrogens with zero attached hydrogens (tertiary/aromatic N) is 2. The summed E-state index contributed by atoms with van der Waals surface area (Å²) in [7, 11) is 0. The Morgan fingerprint density at radius 2 is 2.00 bits per heavy atom. The van der Waals surface area contributed by atoms with Crippen LogP contribution in [0.3, 0.4) is 0 Å². The van der Waals surface area contributed by atoms with Crippen molar-refractivity contribution < 1.29 is 4.39 Å². The van der Waals surface area contributed by atoms with E-state index in [9.17, 15) is 14.0 Å². The van der Waals surface area contributed by atoms with Crippen LogP contribution in [0.15, 0.2) is 52.8 Å². The number of benzene rings is 1. The molecule has 0 atom stereocenters. The average molecular weight is 274 g/mol. The molecule has 0 aliphatic heterocycles. The van der Waals surface area contributed by atoms with Gasteiger partial charge in [-0.25, -0.2) is 4.39 Å². The van der Waals surface area contributed by atoms with E-state index in [2.05, 4.69) is 6.58 Å². The van der Waals surface area contributed by atoms with Crippen molar-refractivity contribution >= 4 is 0 Å². The zero-order chi connectivity index (χ0) is 14.7. The van der Waals surface area contributed by atoms with Gasteiger partial charge in [-0.05, 0) is 25.5 Å². The molecule has 0 unspecified atom stereocenters. The summed E-state index contributed by atoms with van der Waals surface area (Å²) in [5, 5.41) is 0. The first-order valence-corrected chi connectivity index (χ1v) is 6.24. The Bertz CT molecular complexity index is 759. The first kappa shape index (κ1) is 14.0. The minimum atomic E-state index is -0.690. The summed E-state index contributed by atoms with van der Waals surface area (Å²) in [4.78, 5) is 24.1. The van der Waals surface area contributed by atoms with Crippen LogP contribution in [0.5, 0.6) is 0 Å². The van der Waals surface area contributed by atoms with Crippen molar-refractivity contribution in [2.75, 3.05) is 0 Å². The van der Waals surface area contributed by atoms with E-state index in [4.69, 9.17) is 0 Å². The summed E-state index contributed by atoms with van der Waals surface area (Å²) in [6.45, 7) is 5.55. The fourth-order valence-corrected chi connectivity index (χ4v) is 1.96. The standard InChI is InChI=1S/C15H15FN2O2/c1-3-4-8-17-9-10-18(15(20)14(17)19)13-7-5-6-12(16)11(13)2/h3,5-7,9-10H,1,4,8H2,2H3. The first-order chi connectivity index (χ1) is 9.56. The van der Waals surface area contributed by atoms with Crippen molar-refractivity contribution in [2.24, 2.45) is 0 Å². The lowest BCUT2D eigenvalue weighted by Gasteiger charge is -2.11. The van der Waals surface area contributed by atoms with E-state index in [0.29, 0.717) is 24.2 Å². The van der Waals surface area contributed by atoms with Crippen LogP contribution in [0.1, 0.15) is 12.0 Å². The van der Waals surface area contributed by atoms with Crippen molar-refractivity contribution in [1.29, 1.82) is 0 Å². The third kappa shape index (κ3) is 2.47. The Hall–Kier alpha value is -2.43. The molecule has 2 aromatic rings. The van der Waals surface area contributed by atoms with Gasteiger partial charge in [0.2, 0.25) is 0 Å². The maximum atomic E-state index is 13.5. The lowest BCUT2D eigenvalue weighted by atomic mass is 10.2. The van der Waals surface area contributed by atoms with Gasteiger partial charge >= 0.3 is 11.1 Å². The molecule has 0 amide bonds. The molecule has 1 aromatic carbocycles. The highest BCUT2D eigenvalue weighted by Crippen LogP contribution is 2.14. The van der Waals surface area contributed by atoms with Crippen LogP contribution in [0.2, 0.25) is 0 Å². The third-order valence-corrected chi connectivity index (χ3v) is 3.13. The molecule has 1 heterocycles. The molecule has 0 fully saturated rings. The molecular weight excluding hydrogens is 259 g/mol. The molecule has 0 spiro atoms. The SMILES string of the molecule is C=CCCn1ccn(-c2cccc(F)c2C)c(=O)c1=O. The van der Waals surface area contributed by atoms with Crippen molar-refractivity contribution in [3.05, 3.63) is 75.3 Å². The Balaban J connectivity index is 2.57. The summed E-state index contributed by atoms with van der Waals surface area (Å²) in [5.74, 6) is -0.412. The Kier molecular flexibility index (Phi) is 3.98. The van der Waals surface area contributed by atoms with Gasteiger partial charge in [-0.1, -0.05) is 12.1 Å². The molecule has 0 bridgehead atoms. The van der Waals surface area contributed by atoms with Crippen LogP contribution >= 0.6 is 0 Å². The van der Waals surface area contributed by atoms with Gasteiger partial charge in [-0.2, -0.15) is 0 Å². The number of rotatable bonds is 4. The number of hydrogen-bond donors (Lipinski definition) is 0. The molecule has 4 nitrogen and oxygen atoms in total. The summed E-state index contributed by atoms with van der Waals surface area (Å²) in [5.41, 5.74) is -0.607. The van der Waals surface area contributed by atoms with Crippen LogP contribution < -0.4 is 11.1 Å². The smallest absolute Gasteiger partial charge is 0.309 e. The monoisotopic (exact) mass is 274 g/mol. The molecule has 1 aromatic heterocycles. The van der Waals surface area contributed by atoms with Crippen molar-refractivity contribution in [3.8, 4) is 5.69 Å². The summed E-state index contributed by atoms with van der Waals surface area (Å²) >= 11 is 0. The Morgan fingerprint density at radius 1 is 1.25 bits per heavy atom. The second-order valence-corrected chi connectivity index (χ2v) is 4.43. The lowest BCUT2D eigenvalue weighted by Crippen LogP contribution is -2.40. The summed E-state index contributed by atoms with van der Waals surface area (Å²) < 4.78 is 16.0. The molecule has 0 saturated heterocycles. The second-order valence-electron chi connectivity index (χ2n) is 4.43. The highest BCUT2D eigenvalue weighted by molar-refractivity contribution is 5.40. The van der Waals surface area contributed by atoms with E-state index in [1.807, 2.05) is 0 Å². The van der Waals surface area contributed by atoms with Gasteiger partial charge < -0.3 is 4.57 Å². The van der Waals surface area contributed by atoms with E-state index < -0.39 is 16.9 Å². The molecule has 0 radical (unpaired) electrons. The van der Waals surface area contributed by atoms with Crippen LogP contribution in [0.25, 0.3) is 5.69 Å². The van der Waals surface area contributed by atoms with E-state index in [1.165, 1.54) is 33.7 Å². The highest BCUT2D eigenvalue weighted by atomic mass is 19.1. The highest BCUT2D eigenvalue weighted by Gasteiger charge is 2.10. The minimum absolute atomic E-state index is 0.331.